The zero-order valence-electron chi connectivity index (χ0n) is 23.5. The molecule has 0 radical (unpaired) electrons. The summed E-state index contributed by atoms with van der Waals surface area (Å²) < 4.78 is 21.3. The summed E-state index contributed by atoms with van der Waals surface area (Å²) >= 11 is 0. The molecule has 0 unspecified atom stereocenters. The highest BCUT2D eigenvalue weighted by Gasteiger charge is 2.12. The second-order valence-electron chi connectivity index (χ2n) is 8.52. The summed E-state index contributed by atoms with van der Waals surface area (Å²) in [5.74, 6) is -0.674. The van der Waals surface area contributed by atoms with Gasteiger partial charge in [-0.3, -0.25) is 14.4 Å². The van der Waals surface area contributed by atoms with Crippen LogP contribution in [0.1, 0.15) is 36.2 Å². The molecule has 3 aromatic rings. The van der Waals surface area contributed by atoms with Crippen LogP contribution in [0.15, 0.2) is 71.8 Å². The predicted molar refractivity (Wildman–Crippen MR) is 156 cm³/mol. The molecule has 0 spiro atoms. The monoisotopic (exact) mass is 576 g/mol. The van der Waals surface area contributed by atoms with Gasteiger partial charge in [-0.05, 0) is 74.0 Å². The highest BCUT2D eigenvalue weighted by molar-refractivity contribution is 6.03. The van der Waals surface area contributed by atoms with Gasteiger partial charge in [0.1, 0.15) is 12.2 Å². The number of methoxy groups -OCH3 is 1. The molecule has 3 aromatic carbocycles. The van der Waals surface area contributed by atoms with Crippen molar-refractivity contribution in [3.05, 3.63) is 77.9 Å². The van der Waals surface area contributed by atoms with Crippen molar-refractivity contribution in [2.45, 2.75) is 20.3 Å². The largest absolute Gasteiger partial charge is 0.497 e. The first-order chi connectivity index (χ1) is 20.3. The number of amides is 3. The summed E-state index contributed by atoms with van der Waals surface area (Å²) in [4.78, 5) is 48.4. The SMILES string of the molecule is CCOC(=O)c1ccc(NC(=O)COc2ccc(C=NNC(=O)CC(=O)Nc3cccc(OC)c3)cc2OCC)cc1. The normalized spacial score (nSPS) is 10.5. The molecule has 3 N–H and O–H groups in total. The van der Waals surface area contributed by atoms with Gasteiger partial charge in [0, 0.05) is 17.4 Å². The summed E-state index contributed by atoms with van der Waals surface area (Å²) in [6.07, 6.45) is 0.958. The van der Waals surface area contributed by atoms with Crippen molar-refractivity contribution in [3.63, 3.8) is 0 Å². The molecule has 12 heteroatoms. The number of carbonyl (C=O) groups is 4. The van der Waals surface area contributed by atoms with Gasteiger partial charge in [0.25, 0.3) is 5.91 Å². The van der Waals surface area contributed by atoms with E-state index < -0.39 is 30.1 Å². The maximum absolute atomic E-state index is 12.4. The van der Waals surface area contributed by atoms with Crippen LogP contribution in [0, 0.1) is 0 Å². The Morgan fingerprint density at radius 3 is 2.26 bits per heavy atom. The van der Waals surface area contributed by atoms with E-state index in [9.17, 15) is 19.2 Å². The highest BCUT2D eigenvalue weighted by atomic mass is 16.5. The number of nitrogens with one attached hydrogen (secondary N) is 3. The Balaban J connectivity index is 1.50. The Labute approximate surface area is 243 Å². The van der Waals surface area contributed by atoms with Gasteiger partial charge < -0.3 is 29.6 Å². The molecule has 0 bridgehead atoms. The van der Waals surface area contributed by atoms with E-state index in [1.165, 1.54) is 13.3 Å². The molecule has 0 saturated heterocycles. The molecule has 0 atom stereocenters. The standard InChI is InChI=1S/C30H32N4O8/c1-4-40-26-15-20(18-31-34-28(36)17-27(35)33-23-7-6-8-24(16-23)39-3)9-14-25(26)42-19-29(37)32-22-12-10-21(11-13-22)30(38)41-5-2/h6-16,18H,4-5,17,19H2,1-3H3,(H,32,37)(H,33,35)(H,34,36). The molecule has 0 saturated carbocycles. The maximum Gasteiger partial charge on any atom is 0.338 e. The van der Waals surface area contributed by atoms with Gasteiger partial charge >= 0.3 is 5.97 Å². The number of carbonyl (C=O) groups excluding carboxylic acids is 4. The van der Waals surface area contributed by atoms with Gasteiger partial charge in [0.05, 0.1) is 32.1 Å². The minimum Gasteiger partial charge on any atom is -0.497 e. The van der Waals surface area contributed by atoms with Crippen molar-refractivity contribution in [1.82, 2.24) is 5.43 Å². The van der Waals surface area contributed by atoms with E-state index in [2.05, 4.69) is 21.2 Å². The summed E-state index contributed by atoms with van der Waals surface area (Å²) in [6.45, 7) is 3.85. The number of ether oxygens (including phenoxy) is 4. The zero-order valence-corrected chi connectivity index (χ0v) is 23.5. The quantitative estimate of drug-likeness (QED) is 0.113. The zero-order chi connectivity index (χ0) is 30.3. The Morgan fingerprint density at radius 2 is 1.55 bits per heavy atom. The molecule has 0 aliphatic heterocycles. The number of esters is 1. The fraction of sp³-hybridized carbons (Fsp3) is 0.233. The van der Waals surface area contributed by atoms with Crippen LogP contribution in [0.2, 0.25) is 0 Å². The maximum atomic E-state index is 12.4. The molecule has 220 valence electrons. The van der Waals surface area contributed by atoms with Crippen molar-refractivity contribution in [3.8, 4) is 17.2 Å². The topological polar surface area (TPSA) is 154 Å². The predicted octanol–water partition coefficient (Wildman–Crippen LogP) is 3.77. The van der Waals surface area contributed by atoms with Gasteiger partial charge in [-0.15, -0.1) is 0 Å². The van der Waals surface area contributed by atoms with Gasteiger partial charge in [-0.1, -0.05) is 6.07 Å². The third-order valence-corrected chi connectivity index (χ3v) is 5.38. The molecular weight excluding hydrogens is 544 g/mol. The molecule has 3 rings (SSSR count). The average Bonchev–Trinajstić information content (AvgIpc) is 2.97. The lowest BCUT2D eigenvalue weighted by atomic mass is 10.2. The van der Waals surface area contributed by atoms with Gasteiger partial charge in [0.2, 0.25) is 11.8 Å². The Kier molecular flexibility index (Phi) is 11.9. The molecular formula is C30H32N4O8. The van der Waals surface area contributed by atoms with Gasteiger partial charge in [-0.25, -0.2) is 10.2 Å². The molecule has 0 aliphatic rings. The van der Waals surface area contributed by atoms with E-state index in [0.29, 0.717) is 46.4 Å². The summed E-state index contributed by atoms with van der Waals surface area (Å²) in [5.41, 5.74) is 4.27. The van der Waals surface area contributed by atoms with E-state index >= 15 is 0 Å². The summed E-state index contributed by atoms with van der Waals surface area (Å²) in [5, 5.41) is 9.21. The van der Waals surface area contributed by atoms with E-state index in [-0.39, 0.29) is 13.2 Å². The number of benzene rings is 3. The Hall–Kier alpha value is -5.39. The van der Waals surface area contributed by atoms with Crippen LogP contribution >= 0.6 is 0 Å². The second kappa shape index (κ2) is 16.0. The summed E-state index contributed by atoms with van der Waals surface area (Å²) in [6, 6.07) is 18.0. The smallest absolute Gasteiger partial charge is 0.338 e. The van der Waals surface area contributed by atoms with Crippen LogP contribution in [0.25, 0.3) is 0 Å². The number of hydrogen-bond acceptors (Lipinski definition) is 9. The number of hydrazone groups is 1. The number of hydrogen-bond donors (Lipinski definition) is 3. The van der Waals surface area contributed by atoms with E-state index in [0.717, 1.165) is 0 Å². The lowest BCUT2D eigenvalue weighted by molar-refractivity contribution is -0.126. The van der Waals surface area contributed by atoms with Crippen LogP contribution in [-0.4, -0.2) is 56.8 Å². The van der Waals surface area contributed by atoms with Crippen LogP contribution in [0.4, 0.5) is 11.4 Å². The molecule has 12 nitrogen and oxygen atoms in total. The highest BCUT2D eigenvalue weighted by Crippen LogP contribution is 2.28. The number of anilines is 2. The van der Waals surface area contributed by atoms with Crippen molar-refractivity contribution >= 4 is 41.3 Å². The van der Waals surface area contributed by atoms with E-state index in [1.54, 1.807) is 80.6 Å². The first kappa shape index (κ1) is 31.1. The number of rotatable bonds is 14. The molecule has 0 fully saturated rings. The van der Waals surface area contributed by atoms with E-state index in [4.69, 9.17) is 18.9 Å². The molecule has 3 amide bonds. The third kappa shape index (κ3) is 9.97. The third-order valence-electron chi connectivity index (χ3n) is 5.38. The number of nitrogens with zero attached hydrogens (tertiary/aromatic N) is 1. The van der Waals surface area contributed by atoms with Crippen molar-refractivity contribution in [1.29, 1.82) is 0 Å². The fourth-order valence-electron chi connectivity index (χ4n) is 3.51. The van der Waals surface area contributed by atoms with Crippen LogP contribution in [0.5, 0.6) is 17.2 Å². The molecule has 0 aromatic heterocycles. The van der Waals surface area contributed by atoms with Crippen molar-refractivity contribution in [2.24, 2.45) is 5.10 Å². The van der Waals surface area contributed by atoms with E-state index in [1.807, 2.05) is 0 Å². The lowest BCUT2D eigenvalue weighted by Gasteiger charge is -2.13. The van der Waals surface area contributed by atoms with Crippen LogP contribution in [0.3, 0.4) is 0 Å². The van der Waals surface area contributed by atoms with Crippen molar-refractivity contribution in [2.75, 3.05) is 37.6 Å². The average molecular weight is 577 g/mol. The van der Waals surface area contributed by atoms with Crippen LogP contribution < -0.4 is 30.3 Å². The lowest BCUT2D eigenvalue weighted by Crippen LogP contribution is -2.24. The minimum atomic E-state index is -0.599. The van der Waals surface area contributed by atoms with Crippen molar-refractivity contribution < 1.29 is 38.1 Å². The fourth-order valence-corrected chi connectivity index (χ4v) is 3.51. The van der Waals surface area contributed by atoms with Gasteiger partial charge in [0.15, 0.2) is 18.1 Å². The minimum absolute atomic E-state index is 0.273. The molecule has 0 aliphatic carbocycles. The first-order valence-electron chi connectivity index (χ1n) is 13.0. The Morgan fingerprint density at radius 1 is 0.786 bits per heavy atom. The molecule has 42 heavy (non-hydrogen) atoms. The first-order valence-corrected chi connectivity index (χ1v) is 13.0. The second-order valence-corrected chi connectivity index (χ2v) is 8.52. The summed E-state index contributed by atoms with van der Waals surface area (Å²) in [7, 11) is 1.52. The molecule has 0 heterocycles. The van der Waals surface area contributed by atoms with Crippen LogP contribution in [-0.2, 0) is 19.1 Å². The Bertz CT molecular complexity index is 1420. The van der Waals surface area contributed by atoms with Gasteiger partial charge in [-0.2, -0.15) is 5.10 Å².